The molecule has 1 aliphatic rings. The maximum absolute atomic E-state index is 5.91. The first-order valence-electron chi connectivity index (χ1n) is 6.68. The molecule has 1 unspecified atom stereocenters. The zero-order chi connectivity index (χ0) is 13.3. The third-order valence-corrected chi connectivity index (χ3v) is 4.42. The van der Waals surface area contributed by atoms with E-state index < -0.39 is 0 Å². The second-order valence-electron chi connectivity index (χ2n) is 7.40. The molecule has 0 spiro atoms. The van der Waals surface area contributed by atoms with Gasteiger partial charge < -0.3 is 4.74 Å². The maximum Gasteiger partial charge on any atom is 0.0849 e. The Balaban J connectivity index is 2.90. The molecule has 0 aliphatic heterocycles. The van der Waals surface area contributed by atoms with Crippen molar-refractivity contribution >= 4 is 0 Å². The summed E-state index contributed by atoms with van der Waals surface area (Å²) < 4.78 is 5.91. The predicted molar refractivity (Wildman–Crippen MR) is 72.6 cm³/mol. The number of hydrazine groups is 1. The smallest absolute Gasteiger partial charge is 0.0849 e. The Kier molecular flexibility index (Phi) is 4.28. The largest absolute Gasteiger partial charge is 0.377 e. The van der Waals surface area contributed by atoms with E-state index in [9.17, 15) is 0 Å². The molecule has 0 amide bonds. The van der Waals surface area contributed by atoms with Gasteiger partial charge in [-0.2, -0.15) is 0 Å². The maximum atomic E-state index is 5.91. The van der Waals surface area contributed by atoms with Crippen LogP contribution in [-0.2, 0) is 4.74 Å². The van der Waals surface area contributed by atoms with Crippen molar-refractivity contribution in [3.8, 4) is 0 Å². The molecule has 17 heavy (non-hydrogen) atoms. The van der Waals surface area contributed by atoms with E-state index in [1.807, 2.05) is 7.11 Å². The molecule has 0 heterocycles. The average molecular weight is 242 g/mol. The fourth-order valence-electron chi connectivity index (χ4n) is 3.15. The van der Waals surface area contributed by atoms with Gasteiger partial charge in [0, 0.05) is 7.11 Å². The second kappa shape index (κ2) is 4.87. The van der Waals surface area contributed by atoms with Crippen molar-refractivity contribution in [1.29, 1.82) is 0 Å². The van der Waals surface area contributed by atoms with Crippen LogP contribution in [0.25, 0.3) is 0 Å². The van der Waals surface area contributed by atoms with Gasteiger partial charge in [-0.25, -0.2) is 0 Å². The van der Waals surface area contributed by atoms with E-state index in [4.69, 9.17) is 10.6 Å². The third kappa shape index (κ3) is 3.21. The number of hydrogen-bond acceptors (Lipinski definition) is 3. The van der Waals surface area contributed by atoms with E-state index in [1.165, 1.54) is 12.8 Å². The summed E-state index contributed by atoms with van der Waals surface area (Å²) in [4.78, 5) is 0. The Hall–Kier alpha value is -0.120. The molecule has 3 nitrogen and oxygen atoms in total. The van der Waals surface area contributed by atoms with Gasteiger partial charge in [0.1, 0.15) is 0 Å². The van der Waals surface area contributed by atoms with Crippen LogP contribution in [0.3, 0.4) is 0 Å². The van der Waals surface area contributed by atoms with Gasteiger partial charge >= 0.3 is 0 Å². The molecule has 1 fully saturated rings. The predicted octanol–water partition coefficient (Wildman–Crippen LogP) is 2.85. The first-order valence-corrected chi connectivity index (χ1v) is 6.68. The summed E-state index contributed by atoms with van der Waals surface area (Å²) >= 11 is 0. The highest BCUT2D eigenvalue weighted by molar-refractivity contribution is 5.02. The summed E-state index contributed by atoms with van der Waals surface area (Å²) in [5.74, 6) is 5.79. The number of rotatable bonds is 3. The minimum Gasteiger partial charge on any atom is -0.377 e. The molecule has 0 radical (unpaired) electrons. The van der Waals surface area contributed by atoms with Crippen LogP contribution in [0.1, 0.15) is 60.3 Å². The first-order chi connectivity index (χ1) is 7.67. The van der Waals surface area contributed by atoms with Crippen LogP contribution in [-0.4, -0.2) is 18.8 Å². The summed E-state index contributed by atoms with van der Waals surface area (Å²) in [6.07, 6.45) is 4.58. The number of methoxy groups -OCH3 is 1. The highest BCUT2D eigenvalue weighted by Gasteiger charge is 2.48. The molecule has 3 N–H and O–H groups in total. The quantitative estimate of drug-likeness (QED) is 0.591. The molecule has 1 atom stereocenters. The zero-order valence-corrected chi connectivity index (χ0v) is 12.4. The van der Waals surface area contributed by atoms with E-state index in [2.05, 4.69) is 40.0 Å². The Labute approximate surface area is 106 Å². The number of nitrogens with two attached hydrogens (primary N) is 1. The van der Waals surface area contributed by atoms with Gasteiger partial charge in [-0.1, -0.05) is 34.6 Å². The van der Waals surface area contributed by atoms with Crippen LogP contribution in [0.4, 0.5) is 0 Å². The van der Waals surface area contributed by atoms with Crippen molar-refractivity contribution in [2.24, 2.45) is 16.7 Å². The van der Waals surface area contributed by atoms with Gasteiger partial charge in [-0.05, 0) is 36.5 Å². The molecular weight excluding hydrogens is 212 g/mol. The molecular formula is C14H30N2O. The van der Waals surface area contributed by atoms with Gasteiger partial charge in [0.25, 0.3) is 0 Å². The zero-order valence-electron chi connectivity index (χ0n) is 12.4. The molecule has 0 aromatic carbocycles. The molecule has 0 saturated heterocycles. The molecule has 0 bridgehead atoms. The van der Waals surface area contributed by atoms with Crippen molar-refractivity contribution in [1.82, 2.24) is 5.43 Å². The topological polar surface area (TPSA) is 47.3 Å². The van der Waals surface area contributed by atoms with E-state index >= 15 is 0 Å². The fraction of sp³-hybridized carbons (Fsp3) is 1.00. The van der Waals surface area contributed by atoms with E-state index in [0.717, 1.165) is 12.8 Å². The lowest BCUT2D eigenvalue weighted by Gasteiger charge is -2.50. The Bertz CT molecular complexity index is 245. The second-order valence-corrected chi connectivity index (χ2v) is 7.40. The lowest BCUT2D eigenvalue weighted by molar-refractivity contribution is -0.109. The fourth-order valence-corrected chi connectivity index (χ4v) is 3.15. The van der Waals surface area contributed by atoms with Gasteiger partial charge in [0.15, 0.2) is 0 Å². The highest BCUT2D eigenvalue weighted by Crippen LogP contribution is 2.46. The lowest BCUT2D eigenvalue weighted by atomic mass is 9.64. The van der Waals surface area contributed by atoms with Crippen molar-refractivity contribution in [2.75, 3.05) is 7.11 Å². The van der Waals surface area contributed by atoms with Crippen LogP contribution in [0.15, 0.2) is 0 Å². The molecule has 0 aromatic heterocycles. The van der Waals surface area contributed by atoms with E-state index in [1.54, 1.807) is 0 Å². The Morgan fingerprint density at radius 3 is 1.88 bits per heavy atom. The molecule has 1 aliphatic carbocycles. The Morgan fingerprint density at radius 1 is 1.12 bits per heavy atom. The normalized spacial score (nSPS) is 25.6. The van der Waals surface area contributed by atoms with Crippen molar-refractivity contribution < 1.29 is 4.74 Å². The van der Waals surface area contributed by atoms with E-state index in [-0.39, 0.29) is 17.1 Å². The number of ether oxygens (including phenoxy) is 1. The van der Waals surface area contributed by atoms with Crippen LogP contribution in [0, 0.1) is 10.8 Å². The average Bonchev–Trinajstić information content (AvgIpc) is 2.20. The lowest BCUT2D eigenvalue weighted by Crippen LogP contribution is -2.62. The van der Waals surface area contributed by atoms with Gasteiger partial charge in [0.2, 0.25) is 0 Å². The summed E-state index contributed by atoms with van der Waals surface area (Å²) in [6, 6.07) is 0.191. The van der Waals surface area contributed by atoms with Crippen molar-refractivity contribution in [2.45, 2.75) is 71.9 Å². The minimum atomic E-state index is -0.109. The van der Waals surface area contributed by atoms with Crippen LogP contribution >= 0.6 is 0 Å². The summed E-state index contributed by atoms with van der Waals surface area (Å²) in [5.41, 5.74) is 3.44. The van der Waals surface area contributed by atoms with Crippen molar-refractivity contribution in [3.05, 3.63) is 0 Å². The molecule has 1 saturated carbocycles. The molecule has 102 valence electrons. The molecule has 0 aromatic rings. The third-order valence-electron chi connectivity index (χ3n) is 4.42. The van der Waals surface area contributed by atoms with Crippen LogP contribution < -0.4 is 11.3 Å². The van der Waals surface area contributed by atoms with Crippen molar-refractivity contribution in [3.63, 3.8) is 0 Å². The van der Waals surface area contributed by atoms with Gasteiger partial charge in [-0.3, -0.25) is 11.3 Å². The highest BCUT2D eigenvalue weighted by atomic mass is 16.5. The molecule has 3 heteroatoms. The Morgan fingerprint density at radius 2 is 1.59 bits per heavy atom. The standard InChI is InChI=1S/C14H30N2O/c1-12(2,3)11(16-15)14(17-6)9-7-13(4,5)8-10-14/h11,16H,7-10,15H2,1-6H3. The first kappa shape index (κ1) is 14.9. The van der Waals surface area contributed by atoms with Gasteiger partial charge in [0.05, 0.1) is 11.6 Å². The summed E-state index contributed by atoms with van der Waals surface area (Å²) in [5, 5.41) is 0. The number of hydrogen-bond donors (Lipinski definition) is 2. The van der Waals surface area contributed by atoms with Crippen LogP contribution in [0.2, 0.25) is 0 Å². The molecule has 1 rings (SSSR count). The monoisotopic (exact) mass is 242 g/mol. The summed E-state index contributed by atoms with van der Waals surface area (Å²) in [6.45, 7) is 11.3. The van der Waals surface area contributed by atoms with Crippen LogP contribution in [0.5, 0.6) is 0 Å². The number of nitrogens with one attached hydrogen (secondary N) is 1. The van der Waals surface area contributed by atoms with Gasteiger partial charge in [-0.15, -0.1) is 0 Å². The SMILES string of the molecule is COC1(C(NN)C(C)(C)C)CCC(C)(C)CC1. The minimum absolute atomic E-state index is 0.103. The summed E-state index contributed by atoms with van der Waals surface area (Å²) in [7, 11) is 1.83. The van der Waals surface area contributed by atoms with E-state index in [0.29, 0.717) is 5.41 Å².